The fraction of sp³-hybridized carbons (Fsp3) is 0.364. The lowest BCUT2D eigenvalue weighted by atomic mass is 10.2. The molecule has 0 aliphatic heterocycles. The topological polar surface area (TPSA) is 89.7 Å². The Morgan fingerprint density at radius 1 is 1.38 bits per heavy atom. The predicted octanol–water partition coefficient (Wildman–Crippen LogP) is 0.955. The smallest absolute Gasteiger partial charge is 0.107 e. The van der Waals surface area contributed by atoms with Gasteiger partial charge >= 0.3 is 0 Å². The number of anilines is 1. The van der Waals surface area contributed by atoms with Crippen molar-refractivity contribution in [2.45, 2.75) is 13.0 Å². The highest BCUT2D eigenvalue weighted by Gasteiger charge is 2.07. The number of nitrogens with two attached hydrogens (primary N) is 1. The van der Waals surface area contributed by atoms with E-state index in [1.165, 1.54) is 0 Å². The standard InChI is InChI=1S/C11H13N5/c1-9(14)11-3-2-10(8-15-11)16(6-4-12)7-5-13/h2-3,8-9H,6-7,14H2,1H3/t9-/m0/s1. The zero-order valence-corrected chi connectivity index (χ0v) is 9.09. The molecule has 0 spiro atoms. The normalized spacial score (nSPS) is 11.2. The third kappa shape index (κ3) is 2.94. The highest BCUT2D eigenvalue weighted by molar-refractivity contribution is 5.46. The molecule has 82 valence electrons. The minimum Gasteiger partial charge on any atom is -0.344 e. The highest BCUT2D eigenvalue weighted by atomic mass is 15.1. The second kappa shape index (κ2) is 5.69. The first kappa shape index (κ1) is 12.0. The van der Waals surface area contributed by atoms with Crippen LogP contribution in [0.1, 0.15) is 18.7 Å². The van der Waals surface area contributed by atoms with Gasteiger partial charge in [-0.25, -0.2) is 0 Å². The van der Waals surface area contributed by atoms with E-state index in [1.54, 1.807) is 11.1 Å². The van der Waals surface area contributed by atoms with E-state index < -0.39 is 0 Å². The molecule has 1 aromatic heterocycles. The van der Waals surface area contributed by atoms with Gasteiger partial charge in [-0.3, -0.25) is 4.98 Å². The Morgan fingerprint density at radius 3 is 2.38 bits per heavy atom. The Hall–Kier alpha value is -2.11. The second-order valence-electron chi connectivity index (χ2n) is 3.40. The summed E-state index contributed by atoms with van der Waals surface area (Å²) in [4.78, 5) is 5.83. The van der Waals surface area contributed by atoms with Crippen molar-refractivity contribution in [2.75, 3.05) is 18.0 Å². The van der Waals surface area contributed by atoms with Gasteiger partial charge in [-0.15, -0.1) is 0 Å². The molecule has 5 nitrogen and oxygen atoms in total. The first-order chi connectivity index (χ1) is 7.69. The minimum atomic E-state index is -0.116. The first-order valence-electron chi connectivity index (χ1n) is 4.89. The molecule has 0 aliphatic carbocycles. The molecule has 0 unspecified atom stereocenters. The van der Waals surface area contributed by atoms with Crippen LogP contribution in [0.3, 0.4) is 0 Å². The van der Waals surface area contributed by atoms with E-state index in [2.05, 4.69) is 4.98 Å². The Bertz CT molecular complexity index is 393. The molecule has 1 aromatic rings. The molecule has 1 atom stereocenters. The van der Waals surface area contributed by atoms with Crippen molar-refractivity contribution >= 4 is 5.69 Å². The molecule has 0 saturated heterocycles. The molecule has 5 heteroatoms. The molecular weight excluding hydrogens is 202 g/mol. The summed E-state index contributed by atoms with van der Waals surface area (Å²) in [6.07, 6.45) is 1.63. The van der Waals surface area contributed by atoms with Gasteiger partial charge in [0.05, 0.1) is 29.7 Å². The van der Waals surface area contributed by atoms with Crippen LogP contribution in [-0.4, -0.2) is 18.1 Å². The average molecular weight is 215 g/mol. The lowest BCUT2D eigenvalue weighted by Crippen LogP contribution is -2.24. The molecular formula is C11H13N5. The molecule has 0 aromatic carbocycles. The number of hydrogen-bond acceptors (Lipinski definition) is 5. The molecule has 0 aliphatic rings. The summed E-state index contributed by atoms with van der Waals surface area (Å²) in [5, 5.41) is 17.3. The van der Waals surface area contributed by atoms with Crippen LogP contribution in [0.15, 0.2) is 18.3 Å². The van der Waals surface area contributed by atoms with Crippen LogP contribution in [0.2, 0.25) is 0 Å². The first-order valence-corrected chi connectivity index (χ1v) is 4.89. The third-order valence-electron chi connectivity index (χ3n) is 2.13. The van der Waals surface area contributed by atoms with E-state index in [4.69, 9.17) is 16.3 Å². The molecule has 0 radical (unpaired) electrons. The van der Waals surface area contributed by atoms with Gasteiger partial charge in [-0.2, -0.15) is 10.5 Å². The lowest BCUT2D eigenvalue weighted by Gasteiger charge is -2.17. The van der Waals surface area contributed by atoms with Gasteiger partial charge in [-0.1, -0.05) is 0 Å². The maximum absolute atomic E-state index is 8.63. The van der Waals surface area contributed by atoms with Crippen LogP contribution in [0.25, 0.3) is 0 Å². The van der Waals surface area contributed by atoms with Crippen molar-refractivity contribution in [3.8, 4) is 12.1 Å². The fourth-order valence-corrected chi connectivity index (χ4v) is 1.26. The molecule has 16 heavy (non-hydrogen) atoms. The Labute approximate surface area is 94.7 Å². The van der Waals surface area contributed by atoms with E-state index in [9.17, 15) is 0 Å². The lowest BCUT2D eigenvalue weighted by molar-refractivity contribution is 0.779. The maximum Gasteiger partial charge on any atom is 0.107 e. The number of aromatic nitrogens is 1. The zero-order chi connectivity index (χ0) is 12.0. The molecule has 0 fully saturated rings. The number of pyridine rings is 1. The molecule has 1 rings (SSSR count). The Kier molecular flexibility index (Phi) is 4.26. The highest BCUT2D eigenvalue weighted by Crippen LogP contribution is 2.14. The largest absolute Gasteiger partial charge is 0.344 e. The SMILES string of the molecule is C[C@H](N)c1ccc(N(CC#N)CC#N)cn1. The zero-order valence-electron chi connectivity index (χ0n) is 9.09. The van der Waals surface area contributed by atoms with Crippen molar-refractivity contribution in [1.29, 1.82) is 10.5 Å². The van der Waals surface area contributed by atoms with Gasteiger partial charge in [0.15, 0.2) is 0 Å². The number of nitriles is 2. The summed E-state index contributed by atoms with van der Waals surface area (Å²) >= 11 is 0. The van der Waals surface area contributed by atoms with Crippen LogP contribution >= 0.6 is 0 Å². The summed E-state index contributed by atoms with van der Waals surface area (Å²) in [6.45, 7) is 2.20. The fourth-order valence-electron chi connectivity index (χ4n) is 1.26. The monoisotopic (exact) mass is 215 g/mol. The molecule has 1 heterocycles. The minimum absolute atomic E-state index is 0.116. The van der Waals surface area contributed by atoms with E-state index in [-0.39, 0.29) is 19.1 Å². The summed E-state index contributed by atoms with van der Waals surface area (Å²) in [5.41, 5.74) is 7.22. The summed E-state index contributed by atoms with van der Waals surface area (Å²) in [5.74, 6) is 0. The van der Waals surface area contributed by atoms with Crippen LogP contribution in [0.5, 0.6) is 0 Å². The van der Waals surface area contributed by atoms with Crippen molar-refractivity contribution < 1.29 is 0 Å². The molecule has 2 N–H and O–H groups in total. The van der Waals surface area contributed by atoms with Gasteiger partial charge in [-0.05, 0) is 19.1 Å². The second-order valence-corrected chi connectivity index (χ2v) is 3.40. The summed E-state index contributed by atoms with van der Waals surface area (Å²) < 4.78 is 0. The van der Waals surface area contributed by atoms with Crippen molar-refractivity contribution in [3.05, 3.63) is 24.0 Å². The molecule has 0 bridgehead atoms. The Balaban J connectivity index is 2.86. The van der Waals surface area contributed by atoms with Crippen molar-refractivity contribution in [1.82, 2.24) is 4.98 Å². The Morgan fingerprint density at radius 2 is 2.00 bits per heavy atom. The molecule has 0 saturated carbocycles. The number of rotatable bonds is 4. The van der Waals surface area contributed by atoms with Crippen LogP contribution in [0.4, 0.5) is 5.69 Å². The van der Waals surface area contributed by atoms with Gasteiger partial charge in [0.25, 0.3) is 0 Å². The van der Waals surface area contributed by atoms with Gasteiger partial charge < -0.3 is 10.6 Å². The third-order valence-corrected chi connectivity index (χ3v) is 2.13. The van der Waals surface area contributed by atoms with Crippen LogP contribution in [-0.2, 0) is 0 Å². The van der Waals surface area contributed by atoms with E-state index in [1.807, 2.05) is 31.2 Å². The van der Waals surface area contributed by atoms with Gasteiger partial charge in [0, 0.05) is 6.04 Å². The number of nitrogens with zero attached hydrogens (tertiary/aromatic N) is 4. The predicted molar refractivity (Wildman–Crippen MR) is 60.3 cm³/mol. The summed E-state index contributed by atoms with van der Waals surface area (Å²) in [6, 6.07) is 7.53. The van der Waals surface area contributed by atoms with Gasteiger partial charge in [0.2, 0.25) is 0 Å². The summed E-state index contributed by atoms with van der Waals surface area (Å²) in [7, 11) is 0. The number of hydrogen-bond donors (Lipinski definition) is 1. The van der Waals surface area contributed by atoms with E-state index in [0.29, 0.717) is 0 Å². The van der Waals surface area contributed by atoms with Crippen molar-refractivity contribution in [3.63, 3.8) is 0 Å². The van der Waals surface area contributed by atoms with Crippen molar-refractivity contribution in [2.24, 2.45) is 5.73 Å². The van der Waals surface area contributed by atoms with E-state index in [0.717, 1.165) is 11.4 Å². The van der Waals surface area contributed by atoms with Crippen LogP contribution in [0, 0.1) is 22.7 Å². The average Bonchev–Trinajstić information content (AvgIpc) is 2.29. The van der Waals surface area contributed by atoms with E-state index >= 15 is 0 Å². The molecule has 0 amide bonds. The maximum atomic E-state index is 8.63. The van der Waals surface area contributed by atoms with Crippen LogP contribution < -0.4 is 10.6 Å². The quantitative estimate of drug-likeness (QED) is 0.755. The van der Waals surface area contributed by atoms with Gasteiger partial charge in [0.1, 0.15) is 13.1 Å².